The van der Waals surface area contributed by atoms with Crippen molar-refractivity contribution in [2.75, 3.05) is 14.2 Å². The maximum Gasteiger partial charge on any atom is 0.341 e. The third-order valence-electron chi connectivity index (χ3n) is 2.01. The monoisotopic (exact) mass is 211 g/mol. The number of carboxylic acids is 1. The van der Waals surface area contributed by atoms with Gasteiger partial charge < -0.3 is 19.9 Å². The SMILES string of the molecule is [CH2-][NH2+]c1cc(OC)c(OC)cc1C(=O)O. The molecule has 0 radical (unpaired) electrons. The lowest BCUT2D eigenvalue weighted by Gasteiger charge is -2.11. The number of hydrogen-bond acceptors (Lipinski definition) is 3. The molecule has 0 aromatic heterocycles. The summed E-state index contributed by atoms with van der Waals surface area (Å²) in [6.07, 6.45) is 0. The van der Waals surface area contributed by atoms with E-state index in [1.54, 1.807) is 6.07 Å². The molecular formula is C10H13NO4. The van der Waals surface area contributed by atoms with Crippen LogP contribution in [-0.4, -0.2) is 25.3 Å². The highest BCUT2D eigenvalue weighted by Crippen LogP contribution is 2.31. The van der Waals surface area contributed by atoms with E-state index < -0.39 is 5.97 Å². The molecule has 0 atom stereocenters. The maximum absolute atomic E-state index is 10.9. The van der Waals surface area contributed by atoms with Crippen LogP contribution in [0.2, 0.25) is 0 Å². The van der Waals surface area contributed by atoms with Gasteiger partial charge in [0.05, 0.1) is 14.2 Å². The van der Waals surface area contributed by atoms with E-state index in [4.69, 9.17) is 14.6 Å². The molecule has 0 spiro atoms. The summed E-state index contributed by atoms with van der Waals surface area (Å²) in [4.78, 5) is 10.9. The summed E-state index contributed by atoms with van der Waals surface area (Å²) >= 11 is 0. The number of hydrogen-bond donors (Lipinski definition) is 2. The first-order valence-electron chi connectivity index (χ1n) is 4.25. The summed E-state index contributed by atoms with van der Waals surface area (Å²) in [7, 11) is 6.49. The highest BCUT2D eigenvalue weighted by atomic mass is 16.5. The van der Waals surface area contributed by atoms with Gasteiger partial charge in [0.2, 0.25) is 0 Å². The topological polar surface area (TPSA) is 72.4 Å². The summed E-state index contributed by atoms with van der Waals surface area (Å²) in [6.45, 7) is 0. The second kappa shape index (κ2) is 4.65. The van der Waals surface area contributed by atoms with E-state index in [0.29, 0.717) is 17.2 Å². The number of nitrogens with two attached hydrogens (primary N) is 1. The number of ether oxygens (including phenoxy) is 2. The van der Waals surface area contributed by atoms with Crippen LogP contribution in [0.1, 0.15) is 10.4 Å². The van der Waals surface area contributed by atoms with Gasteiger partial charge in [0.15, 0.2) is 11.5 Å². The fourth-order valence-corrected chi connectivity index (χ4v) is 1.25. The molecule has 0 aliphatic carbocycles. The molecule has 5 nitrogen and oxygen atoms in total. The molecule has 3 N–H and O–H groups in total. The fraction of sp³-hybridized carbons (Fsp3) is 0.200. The Bertz CT molecular complexity index is 376. The minimum absolute atomic E-state index is 0.141. The Morgan fingerprint density at radius 2 is 1.87 bits per heavy atom. The molecule has 1 rings (SSSR count). The lowest BCUT2D eigenvalue weighted by atomic mass is 10.1. The van der Waals surface area contributed by atoms with Crippen molar-refractivity contribution in [2.45, 2.75) is 0 Å². The molecule has 0 saturated carbocycles. The number of rotatable bonds is 4. The Morgan fingerprint density at radius 3 is 2.27 bits per heavy atom. The maximum atomic E-state index is 10.9. The van der Waals surface area contributed by atoms with E-state index in [0.717, 1.165) is 0 Å². The van der Waals surface area contributed by atoms with Gasteiger partial charge in [0.1, 0.15) is 11.3 Å². The molecule has 5 heteroatoms. The van der Waals surface area contributed by atoms with E-state index in [2.05, 4.69) is 7.05 Å². The van der Waals surface area contributed by atoms with Gasteiger partial charge in [-0.1, -0.05) is 0 Å². The van der Waals surface area contributed by atoms with Gasteiger partial charge in [-0.25, -0.2) is 4.79 Å². The van der Waals surface area contributed by atoms with E-state index >= 15 is 0 Å². The summed E-state index contributed by atoms with van der Waals surface area (Å²) in [5.41, 5.74) is 0.641. The average Bonchev–Trinajstić information content (AvgIpc) is 2.26. The van der Waals surface area contributed by atoms with Crippen molar-refractivity contribution in [2.24, 2.45) is 0 Å². The molecule has 0 fully saturated rings. The van der Waals surface area contributed by atoms with Crippen molar-refractivity contribution in [3.05, 3.63) is 24.7 Å². The van der Waals surface area contributed by atoms with Crippen LogP contribution in [0.3, 0.4) is 0 Å². The minimum atomic E-state index is -1.02. The van der Waals surface area contributed by atoms with Gasteiger partial charge in [-0.15, -0.1) is 7.05 Å². The Labute approximate surface area is 87.6 Å². The molecule has 15 heavy (non-hydrogen) atoms. The van der Waals surface area contributed by atoms with Crippen LogP contribution >= 0.6 is 0 Å². The van der Waals surface area contributed by atoms with Crippen LogP contribution < -0.4 is 14.8 Å². The van der Waals surface area contributed by atoms with Crippen molar-refractivity contribution >= 4 is 11.7 Å². The normalized spacial score (nSPS) is 9.80. The molecule has 0 aliphatic rings. The summed E-state index contributed by atoms with van der Waals surface area (Å²) in [5, 5.41) is 10.4. The van der Waals surface area contributed by atoms with Gasteiger partial charge in [0, 0.05) is 12.1 Å². The van der Waals surface area contributed by atoms with Crippen molar-refractivity contribution in [3.8, 4) is 11.5 Å². The highest BCUT2D eigenvalue weighted by Gasteiger charge is 2.16. The quantitative estimate of drug-likeness (QED) is 0.558. The zero-order chi connectivity index (χ0) is 11.4. The molecule has 0 bridgehead atoms. The molecular weight excluding hydrogens is 198 g/mol. The van der Waals surface area contributed by atoms with Crippen molar-refractivity contribution < 1.29 is 24.7 Å². The third kappa shape index (κ3) is 2.19. The lowest BCUT2D eigenvalue weighted by Crippen LogP contribution is -2.70. The zero-order valence-electron chi connectivity index (χ0n) is 8.61. The second-order valence-electron chi connectivity index (χ2n) is 2.80. The number of quaternary nitrogens is 1. The number of carbonyl (C=O) groups is 1. The van der Waals surface area contributed by atoms with Gasteiger partial charge in [-0.05, 0) is 0 Å². The average molecular weight is 211 g/mol. The van der Waals surface area contributed by atoms with Gasteiger partial charge in [0.25, 0.3) is 0 Å². The molecule has 82 valence electrons. The third-order valence-corrected chi connectivity index (χ3v) is 2.01. The summed E-state index contributed by atoms with van der Waals surface area (Å²) in [5.74, 6) is -0.149. The van der Waals surface area contributed by atoms with Gasteiger partial charge in [-0.2, -0.15) is 0 Å². The van der Waals surface area contributed by atoms with E-state index in [1.165, 1.54) is 25.6 Å². The van der Waals surface area contributed by atoms with Crippen molar-refractivity contribution in [3.63, 3.8) is 0 Å². The minimum Gasteiger partial charge on any atom is -0.493 e. The summed E-state index contributed by atoms with van der Waals surface area (Å²) in [6, 6.07) is 2.99. The predicted molar refractivity (Wildman–Crippen MR) is 53.4 cm³/mol. The van der Waals surface area contributed by atoms with Crippen molar-refractivity contribution in [1.82, 2.24) is 0 Å². The number of methoxy groups -OCH3 is 2. The molecule has 0 aliphatic heterocycles. The zero-order valence-corrected chi connectivity index (χ0v) is 8.61. The first kappa shape index (κ1) is 11.3. The van der Waals surface area contributed by atoms with Gasteiger partial charge in [-0.3, -0.25) is 0 Å². The first-order chi connectivity index (χ1) is 7.13. The van der Waals surface area contributed by atoms with Crippen LogP contribution in [0.15, 0.2) is 12.1 Å². The largest absolute Gasteiger partial charge is 0.493 e. The van der Waals surface area contributed by atoms with Crippen LogP contribution in [0.4, 0.5) is 5.69 Å². The van der Waals surface area contributed by atoms with E-state index in [9.17, 15) is 4.79 Å². The van der Waals surface area contributed by atoms with Crippen LogP contribution in [0.25, 0.3) is 0 Å². The number of carboxylic acid groups (broad SMARTS) is 1. The first-order valence-corrected chi connectivity index (χ1v) is 4.25. The van der Waals surface area contributed by atoms with Crippen molar-refractivity contribution in [1.29, 1.82) is 0 Å². The second-order valence-corrected chi connectivity index (χ2v) is 2.80. The predicted octanol–water partition coefficient (Wildman–Crippen LogP) is 0.388. The number of benzene rings is 1. The number of aromatic carboxylic acids is 1. The van der Waals surface area contributed by atoms with Crippen LogP contribution in [0, 0.1) is 7.05 Å². The van der Waals surface area contributed by atoms with E-state index in [1.807, 2.05) is 0 Å². The Morgan fingerprint density at radius 1 is 1.33 bits per heavy atom. The molecule has 1 aromatic carbocycles. The molecule has 0 heterocycles. The lowest BCUT2D eigenvalue weighted by molar-refractivity contribution is -0.505. The van der Waals surface area contributed by atoms with Crippen LogP contribution in [0.5, 0.6) is 11.5 Å². The Hall–Kier alpha value is -1.75. The molecule has 1 aromatic rings. The molecule has 0 amide bonds. The highest BCUT2D eigenvalue weighted by molar-refractivity contribution is 5.93. The summed E-state index contributed by atoms with van der Waals surface area (Å²) < 4.78 is 10.1. The van der Waals surface area contributed by atoms with E-state index in [-0.39, 0.29) is 5.56 Å². The smallest absolute Gasteiger partial charge is 0.341 e. The standard InChI is InChI=1S/C10H13NO4/c1-11-7-5-9(15-3)8(14-2)4-6(7)10(12)13/h4-5H,1,11H2,2-3H3,(H,12,13). The Kier molecular flexibility index (Phi) is 3.51. The molecule has 0 saturated heterocycles. The molecule has 0 unspecified atom stereocenters. The van der Waals surface area contributed by atoms with Gasteiger partial charge >= 0.3 is 5.97 Å². The Balaban J connectivity index is 3.34. The fourth-order valence-electron chi connectivity index (χ4n) is 1.25. The van der Waals surface area contributed by atoms with Crippen LogP contribution in [-0.2, 0) is 0 Å².